The topological polar surface area (TPSA) is 70.3 Å². The van der Waals surface area contributed by atoms with E-state index in [4.69, 9.17) is 15.2 Å². The van der Waals surface area contributed by atoms with Crippen LogP contribution in [0.3, 0.4) is 0 Å². The van der Waals surface area contributed by atoms with Crippen molar-refractivity contribution in [2.45, 2.75) is 11.6 Å². The van der Waals surface area contributed by atoms with E-state index in [1.807, 2.05) is 6.26 Å². The van der Waals surface area contributed by atoms with Crippen molar-refractivity contribution in [1.82, 2.24) is 9.97 Å². The summed E-state index contributed by atoms with van der Waals surface area (Å²) >= 11 is 1.45. The summed E-state index contributed by atoms with van der Waals surface area (Å²) in [5.41, 5.74) is 5.65. The predicted molar refractivity (Wildman–Crippen MR) is 62.6 cm³/mol. The SMILES string of the molecule is CSc1nc(N)cc(OCC2CCOC2)n1. The van der Waals surface area contributed by atoms with Gasteiger partial charge >= 0.3 is 0 Å². The highest BCUT2D eigenvalue weighted by Crippen LogP contribution is 2.19. The van der Waals surface area contributed by atoms with Crippen LogP contribution >= 0.6 is 11.8 Å². The van der Waals surface area contributed by atoms with Crippen LogP contribution < -0.4 is 10.5 Å². The quantitative estimate of drug-likeness (QED) is 0.631. The van der Waals surface area contributed by atoms with Gasteiger partial charge in [0.05, 0.1) is 13.2 Å². The number of thioether (sulfide) groups is 1. The number of anilines is 1. The largest absolute Gasteiger partial charge is 0.477 e. The first kappa shape index (κ1) is 11.5. The van der Waals surface area contributed by atoms with E-state index >= 15 is 0 Å². The van der Waals surface area contributed by atoms with E-state index in [2.05, 4.69) is 9.97 Å². The van der Waals surface area contributed by atoms with Crippen LogP contribution in [-0.4, -0.2) is 36.0 Å². The molecule has 1 aliphatic rings. The number of hydrogen-bond donors (Lipinski definition) is 1. The number of ether oxygens (including phenoxy) is 2. The molecule has 0 aliphatic carbocycles. The lowest BCUT2D eigenvalue weighted by Crippen LogP contribution is -2.12. The van der Waals surface area contributed by atoms with Crippen molar-refractivity contribution in [3.05, 3.63) is 6.07 Å². The van der Waals surface area contributed by atoms with Crippen molar-refractivity contribution in [2.75, 3.05) is 31.8 Å². The molecule has 1 unspecified atom stereocenters. The number of hydrogen-bond acceptors (Lipinski definition) is 6. The molecular weight excluding hydrogens is 226 g/mol. The first-order chi connectivity index (χ1) is 7.78. The van der Waals surface area contributed by atoms with Gasteiger partial charge in [-0.3, -0.25) is 0 Å². The van der Waals surface area contributed by atoms with Crippen LogP contribution in [-0.2, 0) is 4.74 Å². The summed E-state index contributed by atoms with van der Waals surface area (Å²) in [4.78, 5) is 8.28. The number of rotatable bonds is 4. The summed E-state index contributed by atoms with van der Waals surface area (Å²) in [6.45, 7) is 2.23. The molecule has 2 N–H and O–H groups in total. The highest BCUT2D eigenvalue weighted by atomic mass is 32.2. The van der Waals surface area contributed by atoms with Crippen LogP contribution in [0.5, 0.6) is 5.88 Å². The molecule has 5 nitrogen and oxygen atoms in total. The van der Waals surface area contributed by atoms with Gasteiger partial charge < -0.3 is 15.2 Å². The summed E-state index contributed by atoms with van der Waals surface area (Å²) < 4.78 is 10.9. The Bertz CT molecular complexity index is 356. The van der Waals surface area contributed by atoms with E-state index in [-0.39, 0.29) is 0 Å². The molecule has 1 saturated heterocycles. The highest BCUT2D eigenvalue weighted by Gasteiger charge is 2.16. The lowest BCUT2D eigenvalue weighted by atomic mass is 10.1. The number of aromatic nitrogens is 2. The smallest absolute Gasteiger partial charge is 0.219 e. The van der Waals surface area contributed by atoms with Crippen LogP contribution in [0.2, 0.25) is 0 Å². The average molecular weight is 241 g/mol. The standard InChI is InChI=1S/C10H15N3O2S/c1-16-10-12-8(11)4-9(13-10)15-6-7-2-3-14-5-7/h4,7H,2-3,5-6H2,1H3,(H2,11,12,13). The van der Waals surface area contributed by atoms with E-state index in [1.54, 1.807) is 6.07 Å². The Labute approximate surface area is 98.7 Å². The second-order valence-electron chi connectivity index (χ2n) is 3.66. The molecule has 2 heterocycles. The molecule has 1 fully saturated rings. The molecule has 1 aromatic rings. The fraction of sp³-hybridized carbons (Fsp3) is 0.600. The van der Waals surface area contributed by atoms with Crippen LogP contribution in [0, 0.1) is 5.92 Å². The fourth-order valence-electron chi connectivity index (χ4n) is 1.50. The van der Waals surface area contributed by atoms with Gasteiger partial charge in [0.15, 0.2) is 5.16 Å². The summed E-state index contributed by atoms with van der Waals surface area (Å²) in [6.07, 6.45) is 2.96. The van der Waals surface area contributed by atoms with E-state index in [0.717, 1.165) is 19.6 Å². The van der Waals surface area contributed by atoms with E-state index in [1.165, 1.54) is 11.8 Å². The van der Waals surface area contributed by atoms with Crippen LogP contribution in [0.25, 0.3) is 0 Å². The summed E-state index contributed by atoms with van der Waals surface area (Å²) in [5, 5.41) is 0.637. The van der Waals surface area contributed by atoms with Crippen molar-refractivity contribution in [3.63, 3.8) is 0 Å². The van der Waals surface area contributed by atoms with Crippen LogP contribution in [0.1, 0.15) is 6.42 Å². The second-order valence-corrected chi connectivity index (χ2v) is 4.43. The molecule has 1 aliphatic heterocycles. The maximum atomic E-state index is 5.65. The molecule has 16 heavy (non-hydrogen) atoms. The van der Waals surface area contributed by atoms with Gasteiger partial charge in [-0.05, 0) is 12.7 Å². The number of nitrogens with zero attached hydrogens (tertiary/aromatic N) is 2. The number of nitrogens with two attached hydrogens (primary N) is 1. The molecule has 0 amide bonds. The van der Waals surface area contributed by atoms with Crippen molar-refractivity contribution in [2.24, 2.45) is 5.92 Å². The third-order valence-corrected chi connectivity index (χ3v) is 2.92. The predicted octanol–water partition coefficient (Wildman–Crippen LogP) is 1.20. The molecule has 1 atom stereocenters. The molecule has 0 aromatic carbocycles. The fourth-order valence-corrected chi connectivity index (χ4v) is 1.88. The summed E-state index contributed by atoms with van der Waals surface area (Å²) in [7, 11) is 0. The Morgan fingerprint density at radius 1 is 1.62 bits per heavy atom. The second kappa shape index (κ2) is 5.36. The zero-order chi connectivity index (χ0) is 11.4. The molecule has 2 rings (SSSR count). The molecule has 88 valence electrons. The molecule has 1 aromatic heterocycles. The van der Waals surface area contributed by atoms with Crippen molar-refractivity contribution in [1.29, 1.82) is 0 Å². The van der Waals surface area contributed by atoms with Gasteiger partial charge in [-0.15, -0.1) is 0 Å². The van der Waals surface area contributed by atoms with Gasteiger partial charge in [0, 0.05) is 18.6 Å². The zero-order valence-electron chi connectivity index (χ0n) is 9.18. The Hall–Kier alpha value is -1.01. The molecular formula is C10H15N3O2S. The Morgan fingerprint density at radius 2 is 2.50 bits per heavy atom. The first-order valence-electron chi connectivity index (χ1n) is 5.17. The Morgan fingerprint density at radius 3 is 3.19 bits per heavy atom. The molecule has 0 bridgehead atoms. The lowest BCUT2D eigenvalue weighted by molar-refractivity contribution is 0.165. The minimum Gasteiger partial charge on any atom is -0.477 e. The van der Waals surface area contributed by atoms with Crippen molar-refractivity contribution < 1.29 is 9.47 Å². The Kier molecular flexibility index (Phi) is 3.84. The van der Waals surface area contributed by atoms with Crippen LogP contribution in [0.4, 0.5) is 5.82 Å². The third-order valence-electron chi connectivity index (χ3n) is 2.38. The number of nitrogen functional groups attached to an aromatic ring is 1. The summed E-state index contributed by atoms with van der Waals surface area (Å²) in [5.74, 6) is 1.45. The van der Waals surface area contributed by atoms with Crippen LogP contribution in [0.15, 0.2) is 11.2 Å². The van der Waals surface area contributed by atoms with E-state index in [9.17, 15) is 0 Å². The van der Waals surface area contributed by atoms with Gasteiger partial charge in [-0.25, -0.2) is 4.98 Å². The molecule has 0 saturated carbocycles. The summed E-state index contributed by atoms with van der Waals surface area (Å²) in [6, 6.07) is 1.65. The molecule has 0 spiro atoms. The van der Waals surface area contributed by atoms with Gasteiger partial charge in [-0.1, -0.05) is 11.8 Å². The first-order valence-corrected chi connectivity index (χ1v) is 6.39. The van der Waals surface area contributed by atoms with Gasteiger partial charge in [-0.2, -0.15) is 4.98 Å². The van der Waals surface area contributed by atoms with E-state index in [0.29, 0.717) is 29.4 Å². The Balaban J connectivity index is 1.94. The minimum atomic E-state index is 0.442. The average Bonchev–Trinajstić information content (AvgIpc) is 2.78. The monoisotopic (exact) mass is 241 g/mol. The normalized spacial score (nSPS) is 19.9. The molecule has 0 radical (unpaired) electrons. The van der Waals surface area contributed by atoms with Gasteiger partial charge in [0.1, 0.15) is 5.82 Å². The van der Waals surface area contributed by atoms with E-state index < -0.39 is 0 Å². The highest BCUT2D eigenvalue weighted by molar-refractivity contribution is 7.98. The van der Waals surface area contributed by atoms with Gasteiger partial charge in [0.2, 0.25) is 5.88 Å². The molecule has 6 heteroatoms. The minimum absolute atomic E-state index is 0.442. The van der Waals surface area contributed by atoms with Crippen molar-refractivity contribution in [3.8, 4) is 5.88 Å². The maximum Gasteiger partial charge on any atom is 0.219 e. The maximum absolute atomic E-state index is 5.65. The van der Waals surface area contributed by atoms with Gasteiger partial charge in [0.25, 0.3) is 0 Å². The van der Waals surface area contributed by atoms with Crippen molar-refractivity contribution >= 4 is 17.6 Å². The zero-order valence-corrected chi connectivity index (χ0v) is 10.00. The third kappa shape index (κ3) is 2.99. The lowest BCUT2D eigenvalue weighted by Gasteiger charge is -2.10.